The molecule has 10 heteroatoms. The number of amides is 1. The van der Waals surface area contributed by atoms with E-state index in [1.807, 2.05) is 48.6 Å². The van der Waals surface area contributed by atoms with Crippen LogP contribution in [0.1, 0.15) is 39.6 Å². The highest BCUT2D eigenvalue weighted by Crippen LogP contribution is 2.43. The van der Waals surface area contributed by atoms with E-state index in [-0.39, 0.29) is 18.1 Å². The van der Waals surface area contributed by atoms with Gasteiger partial charge in [0.15, 0.2) is 11.8 Å². The Morgan fingerprint density at radius 3 is 2.47 bits per heavy atom. The van der Waals surface area contributed by atoms with Crippen LogP contribution in [-0.2, 0) is 17.6 Å². The lowest BCUT2D eigenvalue weighted by atomic mass is 9.91. The molecule has 0 N–H and O–H groups in total. The molecule has 6 rings (SSSR count). The van der Waals surface area contributed by atoms with Gasteiger partial charge in [0, 0.05) is 5.56 Å². The number of alkyl halides is 3. The normalized spacial score (nSPS) is 18.1. The molecule has 7 nitrogen and oxygen atoms in total. The predicted molar refractivity (Wildman–Crippen MR) is 163 cm³/mol. The molecule has 1 aliphatic carbocycles. The van der Waals surface area contributed by atoms with Crippen molar-refractivity contribution in [1.29, 1.82) is 0 Å². The maximum Gasteiger partial charge on any atom is 0.418 e. The lowest BCUT2D eigenvalue weighted by Gasteiger charge is -2.46. The van der Waals surface area contributed by atoms with E-state index in [1.165, 1.54) is 29.0 Å². The zero-order chi connectivity index (χ0) is 31.4. The Labute approximate surface area is 257 Å². The van der Waals surface area contributed by atoms with Crippen molar-refractivity contribution >= 4 is 23.5 Å². The van der Waals surface area contributed by atoms with Crippen LogP contribution in [0, 0.1) is 0 Å². The Balaban J connectivity index is 1.16. The first kappa shape index (κ1) is 29.6. The number of ketones is 1. The van der Waals surface area contributed by atoms with Crippen LogP contribution in [0.5, 0.6) is 5.75 Å². The van der Waals surface area contributed by atoms with E-state index < -0.39 is 29.7 Å². The van der Waals surface area contributed by atoms with Gasteiger partial charge >= 0.3 is 6.18 Å². The van der Waals surface area contributed by atoms with E-state index in [2.05, 4.69) is 10.3 Å². The lowest BCUT2D eigenvalue weighted by Crippen LogP contribution is -2.61. The third-order valence-electron chi connectivity index (χ3n) is 7.46. The number of β-lactam (4-membered cyclic amide) rings is 1. The molecule has 2 atom stereocenters. The van der Waals surface area contributed by atoms with Gasteiger partial charge in [0.2, 0.25) is 0 Å². The Bertz CT molecular complexity index is 1820. The number of nitrogens with zero attached hydrogens (tertiary/aromatic N) is 4. The number of hydrogen-bond acceptors (Lipinski definition) is 5. The smallest absolute Gasteiger partial charge is 0.418 e. The number of para-hydroxylation sites is 1. The molecule has 1 saturated heterocycles. The second-order valence-electron chi connectivity index (χ2n) is 10.5. The molecule has 45 heavy (non-hydrogen) atoms. The van der Waals surface area contributed by atoms with Gasteiger partial charge in [0.1, 0.15) is 18.1 Å². The second-order valence-corrected chi connectivity index (χ2v) is 10.5. The maximum absolute atomic E-state index is 13.9. The van der Waals surface area contributed by atoms with Crippen LogP contribution in [0.3, 0.4) is 0 Å². The topological polar surface area (TPSA) is 77.3 Å². The van der Waals surface area contributed by atoms with E-state index in [9.17, 15) is 22.8 Å². The first-order chi connectivity index (χ1) is 21.8. The fraction of sp³-hybridized carbons (Fsp3) is 0.143. The molecular formula is C35H27F3N4O3. The SMILES string of the molecule is O=C(/C=C/C1=CCC=C1)c1ccc(OCc2cn(C3C(=O)N(c4ccccc4C(F)(F)F)[C@@H]3/C=C/c3ccccc3)nn2)cc1. The van der Waals surface area contributed by atoms with Gasteiger partial charge in [-0.3, -0.25) is 9.59 Å². The van der Waals surface area contributed by atoms with Crippen molar-refractivity contribution in [2.45, 2.75) is 31.3 Å². The minimum Gasteiger partial charge on any atom is -0.487 e. The standard InChI is InChI=1S/C35H27F3N4O3/c36-35(37,38)29-12-6-7-13-30(29)42-31(20-14-24-8-2-1-3-9-24)33(34(42)44)41-22-27(39-40-41)23-45-28-18-16-26(17-19-28)32(43)21-15-25-10-4-5-11-25/h1-4,6-22,31,33H,5,23H2/b20-14+,21-15+/t31-,33?/m1/s1. The van der Waals surface area contributed by atoms with Crippen molar-refractivity contribution in [2.24, 2.45) is 0 Å². The molecule has 4 aromatic rings. The number of halogens is 3. The number of anilines is 1. The lowest BCUT2D eigenvalue weighted by molar-refractivity contribution is -0.137. The average Bonchev–Trinajstić information content (AvgIpc) is 3.74. The highest BCUT2D eigenvalue weighted by molar-refractivity contribution is 6.06. The number of benzene rings is 3. The minimum absolute atomic E-state index is 0.0275. The molecule has 1 unspecified atom stereocenters. The number of aromatic nitrogens is 3. The summed E-state index contributed by atoms with van der Waals surface area (Å²) in [6.07, 6.45) is 10.6. The fourth-order valence-electron chi connectivity index (χ4n) is 5.19. The minimum atomic E-state index is -4.64. The molecule has 1 fully saturated rings. The molecular weight excluding hydrogens is 581 g/mol. The van der Waals surface area contributed by atoms with Gasteiger partial charge in [0.05, 0.1) is 23.5 Å². The molecule has 0 spiro atoms. The van der Waals surface area contributed by atoms with Gasteiger partial charge in [-0.15, -0.1) is 5.10 Å². The molecule has 2 heterocycles. The Morgan fingerprint density at radius 2 is 1.73 bits per heavy atom. The Morgan fingerprint density at radius 1 is 0.978 bits per heavy atom. The van der Waals surface area contributed by atoms with Gasteiger partial charge in [-0.2, -0.15) is 13.2 Å². The van der Waals surface area contributed by atoms with Gasteiger partial charge in [-0.25, -0.2) is 4.68 Å². The van der Waals surface area contributed by atoms with Crippen LogP contribution < -0.4 is 9.64 Å². The van der Waals surface area contributed by atoms with Crippen LogP contribution in [-0.4, -0.2) is 32.7 Å². The van der Waals surface area contributed by atoms with Crippen LogP contribution in [0.15, 0.2) is 127 Å². The third-order valence-corrected chi connectivity index (χ3v) is 7.46. The zero-order valence-corrected chi connectivity index (χ0v) is 23.8. The summed E-state index contributed by atoms with van der Waals surface area (Å²) in [6.45, 7) is 0.0275. The summed E-state index contributed by atoms with van der Waals surface area (Å²) >= 11 is 0. The van der Waals surface area contributed by atoms with E-state index in [0.717, 1.165) is 28.5 Å². The number of rotatable bonds is 10. The predicted octanol–water partition coefficient (Wildman–Crippen LogP) is 7.17. The fourth-order valence-corrected chi connectivity index (χ4v) is 5.19. The zero-order valence-electron chi connectivity index (χ0n) is 23.8. The quantitative estimate of drug-likeness (QED) is 0.108. The average molecular weight is 609 g/mol. The molecule has 0 bridgehead atoms. The van der Waals surface area contributed by atoms with Gasteiger partial charge < -0.3 is 9.64 Å². The van der Waals surface area contributed by atoms with Crippen molar-refractivity contribution in [2.75, 3.05) is 4.90 Å². The molecule has 2 aliphatic rings. The highest BCUT2D eigenvalue weighted by Gasteiger charge is 2.51. The van der Waals surface area contributed by atoms with Crippen molar-refractivity contribution < 1.29 is 27.5 Å². The molecule has 0 radical (unpaired) electrons. The van der Waals surface area contributed by atoms with Crippen LogP contribution in [0.4, 0.5) is 18.9 Å². The number of carbonyl (C=O) groups is 2. The van der Waals surface area contributed by atoms with E-state index in [1.54, 1.807) is 48.7 Å². The van der Waals surface area contributed by atoms with E-state index >= 15 is 0 Å². The summed E-state index contributed by atoms with van der Waals surface area (Å²) in [4.78, 5) is 27.0. The third kappa shape index (κ3) is 6.54. The molecule has 1 aliphatic heterocycles. The van der Waals surface area contributed by atoms with Crippen molar-refractivity contribution in [1.82, 2.24) is 15.0 Å². The van der Waals surface area contributed by atoms with Crippen LogP contribution in [0.2, 0.25) is 0 Å². The van der Waals surface area contributed by atoms with Gasteiger partial charge in [-0.05, 0) is 60.0 Å². The number of carbonyl (C=O) groups excluding carboxylic acids is 2. The second kappa shape index (κ2) is 12.6. The number of allylic oxidation sites excluding steroid dienone is 6. The molecule has 3 aromatic carbocycles. The van der Waals surface area contributed by atoms with Gasteiger partial charge in [-0.1, -0.05) is 84.1 Å². The van der Waals surface area contributed by atoms with E-state index in [4.69, 9.17) is 4.74 Å². The maximum atomic E-state index is 13.9. The van der Waals surface area contributed by atoms with Crippen molar-refractivity contribution in [3.8, 4) is 5.75 Å². The summed E-state index contributed by atoms with van der Waals surface area (Å²) in [6, 6.07) is 19.3. The van der Waals surface area contributed by atoms with Crippen molar-refractivity contribution in [3.63, 3.8) is 0 Å². The van der Waals surface area contributed by atoms with Crippen LogP contribution in [0.25, 0.3) is 6.08 Å². The summed E-state index contributed by atoms with van der Waals surface area (Å²) in [5, 5.41) is 8.24. The Kier molecular flexibility index (Phi) is 8.28. The van der Waals surface area contributed by atoms with E-state index in [0.29, 0.717) is 17.0 Å². The summed E-state index contributed by atoms with van der Waals surface area (Å²) in [7, 11) is 0. The summed E-state index contributed by atoms with van der Waals surface area (Å²) < 4.78 is 48.7. The number of ether oxygens (including phenoxy) is 1. The highest BCUT2D eigenvalue weighted by atomic mass is 19.4. The summed E-state index contributed by atoms with van der Waals surface area (Å²) in [5.41, 5.74) is 1.65. The summed E-state index contributed by atoms with van der Waals surface area (Å²) in [5.74, 6) is -0.162. The number of hydrogen-bond donors (Lipinski definition) is 0. The monoisotopic (exact) mass is 608 g/mol. The molecule has 1 amide bonds. The molecule has 226 valence electrons. The molecule has 0 saturated carbocycles. The Hall–Kier alpha value is -5.51. The van der Waals surface area contributed by atoms with Crippen molar-refractivity contribution in [3.05, 3.63) is 149 Å². The van der Waals surface area contributed by atoms with Crippen LogP contribution >= 0.6 is 0 Å². The first-order valence-electron chi connectivity index (χ1n) is 14.2. The largest absolute Gasteiger partial charge is 0.487 e. The molecule has 1 aromatic heterocycles. The van der Waals surface area contributed by atoms with Gasteiger partial charge in [0.25, 0.3) is 5.91 Å². The first-order valence-corrected chi connectivity index (χ1v) is 14.2.